The minimum Gasteiger partial charge on any atom is -0.497 e. The zero-order valence-corrected chi connectivity index (χ0v) is 22.9. The summed E-state index contributed by atoms with van der Waals surface area (Å²) in [5, 5.41) is 2.94. The topological polar surface area (TPSA) is 105 Å². The van der Waals surface area contributed by atoms with Crippen LogP contribution in [-0.4, -0.2) is 63.7 Å². The highest BCUT2D eigenvalue weighted by Crippen LogP contribution is 2.23. The smallest absolute Gasteiger partial charge is 0.244 e. The molecule has 0 saturated heterocycles. The largest absolute Gasteiger partial charge is 0.497 e. The Morgan fingerprint density at radius 1 is 0.944 bits per heavy atom. The monoisotopic (exact) mass is 519 g/mol. The van der Waals surface area contributed by atoms with E-state index in [1.807, 2.05) is 39.8 Å². The molecule has 198 valence electrons. The number of anilines is 1. The second-order valence-corrected chi connectivity index (χ2v) is 11.4. The molecule has 2 aromatic rings. The molecule has 0 unspecified atom stereocenters. The quantitative estimate of drug-likeness (QED) is 0.489. The molecule has 1 atom stereocenters. The minimum atomic E-state index is -3.80. The molecule has 0 saturated carbocycles. The van der Waals surface area contributed by atoms with Crippen LogP contribution in [0.5, 0.6) is 11.5 Å². The van der Waals surface area contributed by atoms with E-state index in [9.17, 15) is 18.0 Å². The van der Waals surface area contributed by atoms with E-state index in [0.29, 0.717) is 23.6 Å². The highest BCUT2D eigenvalue weighted by Gasteiger charge is 2.33. The fraction of sp³-hybridized carbons (Fsp3) is 0.462. The highest BCUT2D eigenvalue weighted by atomic mass is 32.2. The molecule has 0 aromatic heterocycles. The van der Waals surface area contributed by atoms with Gasteiger partial charge in [0.25, 0.3) is 0 Å². The molecule has 2 amide bonds. The molecule has 2 rings (SSSR count). The van der Waals surface area contributed by atoms with Gasteiger partial charge in [0.15, 0.2) is 0 Å². The van der Waals surface area contributed by atoms with Crippen LogP contribution in [0.15, 0.2) is 48.5 Å². The van der Waals surface area contributed by atoms with Gasteiger partial charge in [-0.2, -0.15) is 0 Å². The van der Waals surface area contributed by atoms with Gasteiger partial charge in [0.1, 0.15) is 24.1 Å². The molecule has 0 aliphatic carbocycles. The van der Waals surface area contributed by atoms with Gasteiger partial charge in [0, 0.05) is 12.1 Å². The van der Waals surface area contributed by atoms with Gasteiger partial charge in [0.2, 0.25) is 21.8 Å². The molecular weight excluding hydrogens is 482 g/mol. The summed E-state index contributed by atoms with van der Waals surface area (Å²) in [6.07, 6.45) is 1.40. The van der Waals surface area contributed by atoms with Crippen molar-refractivity contribution in [2.24, 2.45) is 0 Å². The average Bonchev–Trinajstić information content (AvgIpc) is 2.81. The molecule has 10 heteroatoms. The number of benzene rings is 2. The molecule has 0 heterocycles. The average molecular weight is 520 g/mol. The Hall–Kier alpha value is -3.27. The summed E-state index contributed by atoms with van der Waals surface area (Å²) in [6, 6.07) is 12.8. The number of hydrogen-bond donors (Lipinski definition) is 1. The molecule has 9 nitrogen and oxygen atoms in total. The second-order valence-electron chi connectivity index (χ2n) is 9.50. The van der Waals surface area contributed by atoms with Gasteiger partial charge in [0.05, 0.1) is 26.2 Å². The first-order valence-corrected chi connectivity index (χ1v) is 13.5. The number of nitrogens with zero attached hydrogens (tertiary/aromatic N) is 2. The predicted molar refractivity (Wildman–Crippen MR) is 141 cm³/mol. The van der Waals surface area contributed by atoms with Gasteiger partial charge in [-0.3, -0.25) is 13.9 Å². The summed E-state index contributed by atoms with van der Waals surface area (Å²) in [5.74, 6) is 0.423. The zero-order valence-electron chi connectivity index (χ0n) is 22.1. The van der Waals surface area contributed by atoms with Gasteiger partial charge in [-0.15, -0.1) is 0 Å². The van der Waals surface area contributed by atoms with Crippen LogP contribution >= 0.6 is 0 Å². The Morgan fingerprint density at radius 3 is 1.86 bits per heavy atom. The molecule has 0 aliphatic heterocycles. The SMILES string of the molecule is CC[C@H](C(=O)NC(C)(C)C)N(Cc1ccc(OC)cc1)C(=O)CN(c1ccc(OC)cc1)S(C)(=O)=O. The van der Waals surface area contributed by atoms with Crippen molar-refractivity contribution >= 4 is 27.5 Å². The van der Waals surface area contributed by atoms with Crippen LogP contribution in [0.3, 0.4) is 0 Å². The fourth-order valence-corrected chi connectivity index (χ4v) is 4.51. The maximum absolute atomic E-state index is 13.7. The Kier molecular flexibility index (Phi) is 9.75. The predicted octanol–water partition coefficient (Wildman–Crippen LogP) is 3.19. The maximum Gasteiger partial charge on any atom is 0.244 e. The van der Waals surface area contributed by atoms with Crippen LogP contribution in [0.4, 0.5) is 5.69 Å². The Bertz CT molecular complexity index is 1130. The molecule has 2 aromatic carbocycles. The van der Waals surface area contributed by atoms with Crippen LogP contribution in [0.1, 0.15) is 39.7 Å². The summed E-state index contributed by atoms with van der Waals surface area (Å²) < 4.78 is 36.7. The number of nitrogens with one attached hydrogen (secondary N) is 1. The minimum absolute atomic E-state index is 0.124. The Morgan fingerprint density at radius 2 is 1.44 bits per heavy atom. The number of ether oxygens (including phenoxy) is 2. The first kappa shape index (κ1) is 29.0. The molecule has 0 aliphatic rings. The van der Waals surface area contributed by atoms with E-state index in [1.165, 1.54) is 12.0 Å². The maximum atomic E-state index is 13.7. The van der Waals surface area contributed by atoms with E-state index in [4.69, 9.17) is 9.47 Å². The van der Waals surface area contributed by atoms with Crippen molar-refractivity contribution in [3.8, 4) is 11.5 Å². The Balaban J connectivity index is 2.44. The van der Waals surface area contributed by atoms with Crippen LogP contribution in [0.25, 0.3) is 0 Å². The van der Waals surface area contributed by atoms with E-state index in [0.717, 1.165) is 16.1 Å². The molecule has 0 radical (unpaired) electrons. The molecule has 1 N–H and O–H groups in total. The van der Waals surface area contributed by atoms with Gasteiger partial charge in [-0.05, 0) is 69.2 Å². The van der Waals surface area contributed by atoms with Crippen molar-refractivity contribution in [2.75, 3.05) is 31.3 Å². The highest BCUT2D eigenvalue weighted by molar-refractivity contribution is 7.92. The first-order chi connectivity index (χ1) is 16.8. The number of carbonyl (C=O) groups is 2. The summed E-state index contributed by atoms with van der Waals surface area (Å²) in [5.41, 5.74) is 0.603. The van der Waals surface area contributed by atoms with E-state index >= 15 is 0 Å². The van der Waals surface area contributed by atoms with Crippen molar-refractivity contribution in [3.05, 3.63) is 54.1 Å². The molecule has 0 fully saturated rings. The van der Waals surface area contributed by atoms with Crippen molar-refractivity contribution in [1.82, 2.24) is 10.2 Å². The van der Waals surface area contributed by atoms with Crippen LogP contribution in [-0.2, 0) is 26.2 Å². The summed E-state index contributed by atoms with van der Waals surface area (Å²) in [4.78, 5) is 28.3. The molecular formula is C26H37N3O6S. The van der Waals surface area contributed by atoms with Gasteiger partial charge in [-0.1, -0.05) is 19.1 Å². The lowest BCUT2D eigenvalue weighted by molar-refractivity contribution is -0.141. The lowest BCUT2D eigenvalue weighted by Crippen LogP contribution is -2.55. The zero-order chi connectivity index (χ0) is 27.1. The third-order valence-electron chi connectivity index (χ3n) is 5.44. The summed E-state index contributed by atoms with van der Waals surface area (Å²) in [6.45, 7) is 7.08. The van der Waals surface area contributed by atoms with Gasteiger partial charge >= 0.3 is 0 Å². The van der Waals surface area contributed by atoms with Crippen molar-refractivity contribution in [3.63, 3.8) is 0 Å². The summed E-state index contributed by atoms with van der Waals surface area (Å²) >= 11 is 0. The Labute approximate surface area is 214 Å². The van der Waals surface area contributed by atoms with Crippen LogP contribution in [0, 0.1) is 0 Å². The number of amides is 2. The van der Waals surface area contributed by atoms with E-state index in [-0.39, 0.29) is 12.5 Å². The number of sulfonamides is 1. The lowest BCUT2D eigenvalue weighted by atomic mass is 10.1. The normalized spacial score (nSPS) is 12.4. The van der Waals surface area contributed by atoms with Crippen molar-refractivity contribution in [1.29, 1.82) is 0 Å². The van der Waals surface area contributed by atoms with Crippen LogP contribution in [0.2, 0.25) is 0 Å². The standard InChI is InChI=1S/C26H37N3O6S/c1-8-23(25(31)27-26(2,3)4)28(17-19-9-13-21(34-5)14-10-19)24(30)18-29(36(7,32)33)20-11-15-22(35-6)16-12-20/h9-16,23H,8,17-18H2,1-7H3,(H,27,31)/t23-/m1/s1. The second kappa shape index (κ2) is 12.1. The third kappa shape index (κ3) is 8.15. The van der Waals surface area contributed by atoms with E-state index in [1.54, 1.807) is 43.5 Å². The molecule has 36 heavy (non-hydrogen) atoms. The third-order valence-corrected chi connectivity index (χ3v) is 6.58. The first-order valence-electron chi connectivity index (χ1n) is 11.6. The number of rotatable bonds is 11. The fourth-order valence-electron chi connectivity index (χ4n) is 3.66. The van der Waals surface area contributed by atoms with Gasteiger partial charge in [-0.25, -0.2) is 8.42 Å². The van der Waals surface area contributed by atoms with E-state index < -0.39 is 34.1 Å². The number of carbonyl (C=O) groups excluding carboxylic acids is 2. The lowest BCUT2D eigenvalue weighted by Gasteiger charge is -2.34. The number of methoxy groups -OCH3 is 2. The molecule has 0 bridgehead atoms. The van der Waals surface area contributed by atoms with Crippen LogP contribution < -0.4 is 19.1 Å². The van der Waals surface area contributed by atoms with Gasteiger partial charge < -0.3 is 19.7 Å². The number of hydrogen-bond acceptors (Lipinski definition) is 6. The molecule has 0 spiro atoms. The van der Waals surface area contributed by atoms with E-state index in [2.05, 4.69) is 5.32 Å². The summed E-state index contributed by atoms with van der Waals surface area (Å²) in [7, 11) is -0.727. The van der Waals surface area contributed by atoms with Crippen molar-refractivity contribution < 1.29 is 27.5 Å². The van der Waals surface area contributed by atoms with Crippen molar-refractivity contribution in [2.45, 2.75) is 52.2 Å².